The molecule has 1 amide bonds. The molecule has 2 saturated carbocycles. The summed E-state index contributed by atoms with van der Waals surface area (Å²) in [5.41, 5.74) is 0. The van der Waals surface area contributed by atoms with Crippen molar-refractivity contribution in [3.05, 3.63) is 0 Å². The summed E-state index contributed by atoms with van der Waals surface area (Å²) in [7, 11) is 4.04. The van der Waals surface area contributed by atoms with Gasteiger partial charge >= 0.3 is 0 Å². The van der Waals surface area contributed by atoms with Crippen molar-refractivity contribution in [2.45, 2.75) is 57.5 Å². The van der Waals surface area contributed by atoms with E-state index in [-0.39, 0.29) is 5.92 Å². The summed E-state index contributed by atoms with van der Waals surface area (Å²) in [4.78, 5) is 14.3. The number of carbonyl (C=O) groups excluding carboxylic acids is 1. The van der Waals surface area contributed by atoms with Gasteiger partial charge in [0.15, 0.2) is 0 Å². The summed E-state index contributed by atoms with van der Waals surface area (Å²) in [6.07, 6.45) is 7.24. The third kappa shape index (κ3) is 3.01. The van der Waals surface area contributed by atoms with Gasteiger partial charge in [-0.3, -0.25) is 4.79 Å². The Balaban J connectivity index is 1.83. The zero-order valence-electron chi connectivity index (χ0n) is 11.4. The lowest BCUT2D eigenvalue weighted by atomic mass is 9.89. The first-order valence-electron chi connectivity index (χ1n) is 7.07. The number of carbonyl (C=O) groups is 1. The van der Waals surface area contributed by atoms with E-state index in [2.05, 4.69) is 12.2 Å². The van der Waals surface area contributed by atoms with E-state index in [1.165, 1.54) is 25.7 Å². The standard InChI is InChI=1S/C14H26N2O/c1-10(11-4-5-11)14(17)16(3)13-8-6-12(15-2)7-9-13/h10-13,15H,4-9H2,1-3H3. The normalized spacial score (nSPS) is 31.0. The first-order valence-corrected chi connectivity index (χ1v) is 7.07. The van der Waals surface area contributed by atoms with Gasteiger partial charge in [0.1, 0.15) is 0 Å². The van der Waals surface area contributed by atoms with Gasteiger partial charge in [-0.05, 0) is 51.5 Å². The van der Waals surface area contributed by atoms with Gasteiger partial charge in [-0.15, -0.1) is 0 Å². The van der Waals surface area contributed by atoms with Crippen LogP contribution in [0.25, 0.3) is 0 Å². The first-order chi connectivity index (χ1) is 8.13. The van der Waals surface area contributed by atoms with Crippen molar-refractivity contribution >= 4 is 5.91 Å². The Morgan fingerprint density at radius 3 is 2.24 bits per heavy atom. The summed E-state index contributed by atoms with van der Waals surface area (Å²) in [5, 5.41) is 3.34. The summed E-state index contributed by atoms with van der Waals surface area (Å²) in [6, 6.07) is 1.14. The Bertz CT molecular complexity index is 267. The highest BCUT2D eigenvalue weighted by Crippen LogP contribution is 2.38. The minimum atomic E-state index is 0.252. The van der Waals surface area contributed by atoms with Crippen LogP contribution >= 0.6 is 0 Å². The number of amides is 1. The fraction of sp³-hybridized carbons (Fsp3) is 0.929. The third-order valence-corrected chi connectivity index (χ3v) is 4.72. The topological polar surface area (TPSA) is 32.3 Å². The molecule has 0 bridgehead atoms. The Hall–Kier alpha value is -0.570. The van der Waals surface area contributed by atoms with Crippen LogP contribution in [0.3, 0.4) is 0 Å². The lowest BCUT2D eigenvalue weighted by Gasteiger charge is -2.35. The predicted molar refractivity (Wildman–Crippen MR) is 69.8 cm³/mol. The van der Waals surface area contributed by atoms with E-state index in [4.69, 9.17) is 0 Å². The van der Waals surface area contributed by atoms with Gasteiger partial charge in [-0.25, -0.2) is 0 Å². The van der Waals surface area contributed by atoms with Crippen LogP contribution < -0.4 is 5.32 Å². The van der Waals surface area contributed by atoms with Crippen LogP contribution in [0.4, 0.5) is 0 Å². The van der Waals surface area contributed by atoms with Gasteiger partial charge in [-0.2, -0.15) is 0 Å². The van der Waals surface area contributed by atoms with Crippen LogP contribution in [0.2, 0.25) is 0 Å². The summed E-state index contributed by atoms with van der Waals surface area (Å²) >= 11 is 0. The molecular weight excluding hydrogens is 212 g/mol. The average Bonchev–Trinajstić information content (AvgIpc) is 3.20. The highest BCUT2D eigenvalue weighted by Gasteiger charge is 2.36. The molecule has 0 aromatic rings. The van der Waals surface area contributed by atoms with Crippen molar-refractivity contribution in [3.63, 3.8) is 0 Å². The van der Waals surface area contributed by atoms with E-state index in [1.54, 1.807) is 0 Å². The lowest BCUT2D eigenvalue weighted by molar-refractivity contribution is -0.137. The molecule has 17 heavy (non-hydrogen) atoms. The molecule has 98 valence electrons. The van der Waals surface area contributed by atoms with Gasteiger partial charge in [0.2, 0.25) is 5.91 Å². The Morgan fingerprint density at radius 2 is 1.76 bits per heavy atom. The van der Waals surface area contributed by atoms with Crippen molar-refractivity contribution in [3.8, 4) is 0 Å². The smallest absolute Gasteiger partial charge is 0.225 e. The van der Waals surface area contributed by atoms with Crippen LogP contribution in [0.5, 0.6) is 0 Å². The molecule has 0 aromatic heterocycles. The zero-order chi connectivity index (χ0) is 12.4. The van der Waals surface area contributed by atoms with Crippen molar-refractivity contribution in [2.75, 3.05) is 14.1 Å². The number of rotatable bonds is 4. The molecule has 0 aromatic carbocycles. The van der Waals surface area contributed by atoms with Gasteiger partial charge in [-0.1, -0.05) is 6.92 Å². The average molecular weight is 238 g/mol. The van der Waals surface area contributed by atoms with E-state index in [1.807, 2.05) is 19.0 Å². The van der Waals surface area contributed by atoms with Gasteiger partial charge in [0.05, 0.1) is 0 Å². The molecule has 0 saturated heterocycles. The second kappa shape index (κ2) is 5.38. The monoisotopic (exact) mass is 238 g/mol. The maximum Gasteiger partial charge on any atom is 0.225 e. The lowest BCUT2D eigenvalue weighted by Crippen LogP contribution is -2.44. The fourth-order valence-electron chi connectivity index (χ4n) is 3.05. The van der Waals surface area contributed by atoms with Crippen molar-refractivity contribution in [1.29, 1.82) is 0 Å². The number of hydrogen-bond acceptors (Lipinski definition) is 2. The number of nitrogens with zero attached hydrogens (tertiary/aromatic N) is 1. The molecule has 1 unspecified atom stereocenters. The summed E-state index contributed by atoms with van der Waals surface area (Å²) in [6.45, 7) is 2.11. The molecule has 2 aliphatic carbocycles. The van der Waals surface area contributed by atoms with E-state index in [0.717, 1.165) is 12.8 Å². The van der Waals surface area contributed by atoms with Gasteiger partial charge < -0.3 is 10.2 Å². The molecule has 3 heteroatoms. The highest BCUT2D eigenvalue weighted by molar-refractivity contribution is 5.79. The van der Waals surface area contributed by atoms with Crippen LogP contribution in [0.15, 0.2) is 0 Å². The minimum Gasteiger partial charge on any atom is -0.343 e. The SMILES string of the molecule is CNC1CCC(N(C)C(=O)C(C)C2CC2)CC1. The molecule has 2 aliphatic rings. The molecule has 1 atom stereocenters. The van der Waals surface area contributed by atoms with E-state index in [9.17, 15) is 4.79 Å². The van der Waals surface area contributed by atoms with Crippen LogP contribution in [0, 0.1) is 11.8 Å². The molecule has 0 radical (unpaired) electrons. The van der Waals surface area contributed by atoms with Crippen LogP contribution in [-0.2, 0) is 4.79 Å². The molecule has 3 nitrogen and oxygen atoms in total. The van der Waals surface area contributed by atoms with Crippen molar-refractivity contribution in [2.24, 2.45) is 11.8 Å². The number of hydrogen-bond donors (Lipinski definition) is 1. The second-order valence-corrected chi connectivity index (χ2v) is 5.87. The molecule has 0 spiro atoms. The third-order valence-electron chi connectivity index (χ3n) is 4.72. The molecular formula is C14H26N2O. The fourth-order valence-corrected chi connectivity index (χ4v) is 3.05. The number of nitrogens with one attached hydrogen (secondary N) is 1. The predicted octanol–water partition coefficient (Wildman–Crippen LogP) is 2.02. The Kier molecular flexibility index (Phi) is 4.08. The molecule has 1 N–H and O–H groups in total. The maximum absolute atomic E-state index is 12.3. The molecule has 2 fully saturated rings. The van der Waals surface area contributed by atoms with Crippen molar-refractivity contribution < 1.29 is 4.79 Å². The zero-order valence-corrected chi connectivity index (χ0v) is 11.4. The van der Waals surface area contributed by atoms with Gasteiger partial charge in [0, 0.05) is 25.0 Å². The van der Waals surface area contributed by atoms with Crippen LogP contribution in [-0.4, -0.2) is 37.0 Å². The van der Waals surface area contributed by atoms with Gasteiger partial charge in [0.25, 0.3) is 0 Å². The molecule has 0 heterocycles. The Labute approximate surface area is 105 Å². The summed E-state index contributed by atoms with van der Waals surface area (Å²) in [5.74, 6) is 1.31. The van der Waals surface area contributed by atoms with E-state index in [0.29, 0.717) is 23.9 Å². The first kappa shape index (κ1) is 12.9. The largest absolute Gasteiger partial charge is 0.343 e. The van der Waals surface area contributed by atoms with E-state index >= 15 is 0 Å². The van der Waals surface area contributed by atoms with Crippen LogP contribution in [0.1, 0.15) is 45.4 Å². The summed E-state index contributed by atoms with van der Waals surface area (Å²) < 4.78 is 0. The Morgan fingerprint density at radius 1 is 1.18 bits per heavy atom. The highest BCUT2D eigenvalue weighted by atomic mass is 16.2. The molecule has 2 rings (SSSR count). The second-order valence-electron chi connectivity index (χ2n) is 5.87. The van der Waals surface area contributed by atoms with Crippen molar-refractivity contribution in [1.82, 2.24) is 10.2 Å². The quantitative estimate of drug-likeness (QED) is 0.812. The maximum atomic E-state index is 12.3. The molecule has 0 aliphatic heterocycles. The minimum absolute atomic E-state index is 0.252. The van der Waals surface area contributed by atoms with E-state index < -0.39 is 0 Å².